The van der Waals surface area contributed by atoms with Gasteiger partial charge in [0.15, 0.2) is 0 Å². The SMILES string of the molecule is c1ccc(N(c2cccnc2)c2cccc3c4c5ccccc5n(-c5ccccc5)c4n(-c4ccccc4)c23)cc1. The standard InChI is InChI=1S/C37H26N4/c1-4-14-27(15-5-1)39(30-20-13-25-38-26-30)34-24-12-22-32-35-31-21-10-11-23-33(31)40(28-16-6-2-7-17-28)37(35)41(36(32)34)29-18-8-3-9-19-29/h1-26H. The van der Waals surface area contributed by atoms with Crippen molar-refractivity contribution in [1.82, 2.24) is 14.1 Å². The van der Waals surface area contributed by atoms with E-state index in [0.717, 1.165) is 39.6 Å². The van der Waals surface area contributed by atoms with Crippen LogP contribution in [-0.4, -0.2) is 14.1 Å². The molecule has 0 fully saturated rings. The molecule has 4 heteroatoms. The van der Waals surface area contributed by atoms with Crippen molar-refractivity contribution in [3.63, 3.8) is 0 Å². The summed E-state index contributed by atoms with van der Waals surface area (Å²) in [6, 6.07) is 51.4. The van der Waals surface area contributed by atoms with Gasteiger partial charge >= 0.3 is 0 Å². The monoisotopic (exact) mass is 526 g/mol. The van der Waals surface area contributed by atoms with Gasteiger partial charge in [0.1, 0.15) is 5.65 Å². The Morgan fingerprint density at radius 3 is 1.80 bits per heavy atom. The Hall–Kier alpha value is -5.61. The zero-order valence-corrected chi connectivity index (χ0v) is 22.3. The fourth-order valence-corrected chi connectivity index (χ4v) is 6.12. The summed E-state index contributed by atoms with van der Waals surface area (Å²) in [4.78, 5) is 6.80. The maximum atomic E-state index is 4.49. The van der Waals surface area contributed by atoms with Crippen LogP contribution < -0.4 is 4.90 Å². The molecule has 0 spiro atoms. The van der Waals surface area contributed by atoms with Gasteiger partial charge < -0.3 is 4.90 Å². The Morgan fingerprint density at radius 1 is 0.488 bits per heavy atom. The minimum Gasteiger partial charge on any atom is -0.307 e. The molecule has 0 saturated carbocycles. The van der Waals surface area contributed by atoms with Crippen molar-refractivity contribution in [2.24, 2.45) is 0 Å². The summed E-state index contributed by atoms with van der Waals surface area (Å²) < 4.78 is 4.83. The lowest BCUT2D eigenvalue weighted by molar-refractivity contribution is 1.06. The Labute approximate surface area is 238 Å². The highest BCUT2D eigenvalue weighted by molar-refractivity contribution is 6.24. The van der Waals surface area contributed by atoms with E-state index in [4.69, 9.17) is 0 Å². The molecular weight excluding hydrogens is 500 g/mol. The number of pyridine rings is 1. The summed E-state index contributed by atoms with van der Waals surface area (Å²) >= 11 is 0. The van der Waals surface area contributed by atoms with Gasteiger partial charge in [-0.15, -0.1) is 0 Å². The van der Waals surface area contributed by atoms with Gasteiger partial charge in [0, 0.05) is 39.4 Å². The average Bonchev–Trinajstić information content (AvgIpc) is 3.56. The van der Waals surface area contributed by atoms with Crippen LogP contribution in [0.4, 0.5) is 17.1 Å². The van der Waals surface area contributed by atoms with Crippen molar-refractivity contribution in [2.45, 2.75) is 0 Å². The zero-order chi connectivity index (χ0) is 27.2. The maximum absolute atomic E-state index is 4.49. The minimum atomic E-state index is 1.01. The Kier molecular flexibility index (Phi) is 5.42. The molecule has 0 aliphatic carbocycles. The number of aromatic nitrogens is 3. The van der Waals surface area contributed by atoms with Gasteiger partial charge in [0.25, 0.3) is 0 Å². The first-order chi connectivity index (χ1) is 20.4. The number of hydrogen-bond acceptors (Lipinski definition) is 2. The van der Waals surface area contributed by atoms with Crippen molar-refractivity contribution in [2.75, 3.05) is 4.90 Å². The van der Waals surface area contributed by atoms with E-state index in [1.54, 1.807) is 0 Å². The lowest BCUT2D eigenvalue weighted by Gasteiger charge is -2.26. The molecule has 41 heavy (non-hydrogen) atoms. The van der Waals surface area contributed by atoms with E-state index in [2.05, 4.69) is 159 Å². The van der Waals surface area contributed by atoms with Crippen molar-refractivity contribution < 1.29 is 0 Å². The van der Waals surface area contributed by atoms with Crippen molar-refractivity contribution in [1.29, 1.82) is 0 Å². The second-order valence-corrected chi connectivity index (χ2v) is 10.1. The molecule has 0 bridgehead atoms. The van der Waals surface area contributed by atoms with Gasteiger partial charge in [0.2, 0.25) is 0 Å². The summed E-state index contributed by atoms with van der Waals surface area (Å²) in [6.45, 7) is 0. The molecule has 3 aromatic heterocycles. The number of anilines is 3. The van der Waals surface area contributed by atoms with Gasteiger partial charge in [0.05, 0.1) is 28.6 Å². The van der Waals surface area contributed by atoms with Crippen LogP contribution in [0.1, 0.15) is 0 Å². The highest BCUT2D eigenvalue weighted by atomic mass is 15.2. The van der Waals surface area contributed by atoms with Crippen LogP contribution in [0.15, 0.2) is 158 Å². The second kappa shape index (κ2) is 9.54. The number of hydrogen-bond donors (Lipinski definition) is 0. The minimum absolute atomic E-state index is 1.01. The van der Waals surface area contributed by atoms with Gasteiger partial charge in [-0.05, 0) is 60.7 Å². The lowest BCUT2D eigenvalue weighted by atomic mass is 10.1. The second-order valence-electron chi connectivity index (χ2n) is 10.1. The summed E-state index contributed by atoms with van der Waals surface area (Å²) in [5, 5.41) is 3.68. The predicted molar refractivity (Wildman–Crippen MR) is 170 cm³/mol. The summed E-state index contributed by atoms with van der Waals surface area (Å²) in [7, 11) is 0. The third kappa shape index (κ3) is 3.65. The molecular formula is C37H26N4. The van der Waals surface area contributed by atoms with Crippen LogP contribution in [0.25, 0.3) is 44.2 Å². The van der Waals surface area contributed by atoms with Crippen molar-refractivity contribution in [3.05, 3.63) is 158 Å². The van der Waals surface area contributed by atoms with E-state index in [9.17, 15) is 0 Å². The third-order valence-electron chi connectivity index (χ3n) is 7.76. The first-order valence-corrected chi connectivity index (χ1v) is 13.8. The number of fused-ring (bicyclic) bond motifs is 5. The largest absolute Gasteiger partial charge is 0.307 e. The Morgan fingerprint density at radius 2 is 1.10 bits per heavy atom. The van der Waals surface area contributed by atoms with E-state index < -0.39 is 0 Å². The van der Waals surface area contributed by atoms with E-state index >= 15 is 0 Å². The van der Waals surface area contributed by atoms with E-state index in [1.807, 2.05) is 18.5 Å². The lowest BCUT2D eigenvalue weighted by Crippen LogP contribution is -2.12. The van der Waals surface area contributed by atoms with Gasteiger partial charge in [-0.2, -0.15) is 0 Å². The van der Waals surface area contributed by atoms with Crippen LogP contribution in [-0.2, 0) is 0 Å². The van der Waals surface area contributed by atoms with Gasteiger partial charge in [-0.25, -0.2) is 0 Å². The summed E-state index contributed by atoms with van der Waals surface area (Å²) in [5.74, 6) is 0. The Bertz CT molecular complexity index is 2090. The highest BCUT2D eigenvalue weighted by Gasteiger charge is 2.26. The molecule has 3 heterocycles. The van der Waals surface area contributed by atoms with Gasteiger partial charge in [-0.1, -0.05) is 84.9 Å². The zero-order valence-electron chi connectivity index (χ0n) is 22.3. The average molecular weight is 527 g/mol. The summed E-state index contributed by atoms with van der Waals surface area (Å²) in [5.41, 5.74) is 8.89. The molecule has 8 rings (SSSR count). The number of benzene rings is 5. The quantitative estimate of drug-likeness (QED) is 0.223. The fourth-order valence-electron chi connectivity index (χ4n) is 6.12. The van der Waals surface area contributed by atoms with Crippen LogP contribution >= 0.6 is 0 Å². The Balaban J connectivity index is 1.59. The number of para-hydroxylation sites is 5. The normalized spacial score (nSPS) is 11.4. The molecule has 0 atom stereocenters. The third-order valence-corrected chi connectivity index (χ3v) is 7.76. The van der Waals surface area contributed by atoms with E-state index in [-0.39, 0.29) is 0 Å². The van der Waals surface area contributed by atoms with Crippen molar-refractivity contribution in [3.8, 4) is 11.4 Å². The predicted octanol–water partition coefficient (Wildman–Crippen LogP) is 9.59. The highest BCUT2D eigenvalue weighted by Crippen LogP contribution is 2.46. The first kappa shape index (κ1) is 23.3. The van der Waals surface area contributed by atoms with Crippen LogP contribution in [0.2, 0.25) is 0 Å². The molecule has 194 valence electrons. The molecule has 0 amide bonds. The van der Waals surface area contributed by atoms with Crippen LogP contribution in [0.3, 0.4) is 0 Å². The molecule has 0 saturated heterocycles. The topological polar surface area (TPSA) is 26.0 Å². The first-order valence-electron chi connectivity index (χ1n) is 13.8. The molecule has 8 aromatic rings. The molecule has 4 nitrogen and oxygen atoms in total. The number of rotatable bonds is 5. The molecule has 0 radical (unpaired) electrons. The molecule has 0 unspecified atom stereocenters. The molecule has 5 aromatic carbocycles. The van der Waals surface area contributed by atoms with Crippen molar-refractivity contribution >= 4 is 49.9 Å². The maximum Gasteiger partial charge on any atom is 0.131 e. The smallest absolute Gasteiger partial charge is 0.131 e. The van der Waals surface area contributed by atoms with Crippen LogP contribution in [0.5, 0.6) is 0 Å². The molecule has 0 aliphatic heterocycles. The van der Waals surface area contributed by atoms with E-state index in [1.165, 1.54) is 21.7 Å². The molecule has 0 N–H and O–H groups in total. The molecule has 0 aliphatic rings. The number of nitrogens with zero attached hydrogens (tertiary/aromatic N) is 4. The fraction of sp³-hybridized carbons (Fsp3) is 0. The van der Waals surface area contributed by atoms with Crippen LogP contribution in [0, 0.1) is 0 Å². The van der Waals surface area contributed by atoms with E-state index in [0.29, 0.717) is 0 Å². The van der Waals surface area contributed by atoms with Gasteiger partial charge in [-0.3, -0.25) is 14.1 Å². The summed E-state index contributed by atoms with van der Waals surface area (Å²) in [6.07, 6.45) is 3.75.